The first-order valence-electron chi connectivity index (χ1n) is 10.2. The van der Waals surface area contributed by atoms with Crippen LogP contribution in [0.1, 0.15) is 20.7 Å². The number of anilines is 2. The quantitative estimate of drug-likeness (QED) is 0.417. The average molecular weight is 550 g/mol. The van der Waals surface area contributed by atoms with Crippen molar-refractivity contribution < 1.29 is 23.4 Å². The summed E-state index contributed by atoms with van der Waals surface area (Å²) in [6.45, 7) is 0. The average Bonchev–Trinajstić information content (AvgIpc) is 2.85. The summed E-state index contributed by atoms with van der Waals surface area (Å²) in [6, 6.07) is 12.5. The number of hydrogen-bond donors (Lipinski definition) is 2. The third kappa shape index (κ3) is 6.79. The van der Waals surface area contributed by atoms with Crippen LogP contribution in [0.4, 0.5) is 16.3 Å². The molecule has 0 fully saturated rings. The van der Waals surface area contributed by atoms with Crippen molar-refractivity contribution in [2.45, 2.75) is 4.90 Å². The van der Waals surface area contributed by atoms with Gasteiger partial charge >= 0.3 is 6.03 Å². The number of amides is 4. The van der Waals surface area contributed by atoms with Gasteiger partial charge in [-0.25, -0.2) is 19.1 Å². The monoisotopic (exact) mass is 549 g/mol. The van der Waals surface area contributed by atoms with Crippen molar-refractivity contribution in [2.75, 3.05) is 31.0 Å². The van der Waals surface area contributed by atoms with Gasteiger partial charge in [-0.2, -0.15) is 0 Å². The van der Waals surface area contributed by atoms with Crippen LogP contribution in [0.25, 0.3) is 0 Å². The molecule has 2 aromatic carbocycles. The lowest BCUT2D eigenvalue weighted by Crippen LogP contribution is -2.23. The number of pyridine rings is 1. The number of benzene rings is 2. The molecule has 188 valence electrons. The van der Waals surface area contributed by atoms with Gasteiger partial charge < -0.3 is 10.6 Å². The molecule has 3 rings (SSSR count). The molecule has 0 aliphatic heterocycles. The molecule has 0 aliphatic rings. The number of nitrogens with one attached hydrogen (secondary N) is 2. The van der Waals surface area contributed by atoms with Crippen LogP contribution >= 0.6 is 23.2 Å². The number of hydroxylamine groups is 2. The number of carbonyl (C=O) groups excluding carboxylic acids is 3. The van der Waals surface area contributed by atoms with E-state index in [0.29, 0.717) is 10.0 Å². The van der Waals surface area contributed by atoms with E-state index in [-0.39, 0.29) is 27.5 Å². The molecule has 0 saturated carbocycles. The predicted octanol–water partition coefficient (Wildman–Crippen LogP) is 4.96. The zero-order chi connectivity index (χ0) is 26.5. The highest BCUT2D eigenvalue weighted by molar-refractivity contribution is 7.93. The summed E-state index contributed by atoms with van der Waals surface area (Å²) >= 11 is 11.9. The molecule has 1 heterocycles. The molecule has 2 N–H and O–H groups in total. The van der Waals surface area contributed by atoms with Crippen molar-refractivity contribution in [3.8, 4) is 0 Å². The van der Waals surface area contributed by atoms with Crippen LogP contribution in [0.5, 0.6) is 0 Å². The highest BCUT2D eigenvalue weighted by Gasteiger charge is 2.17. The van der Waals surface area contributed by atoms with E-state index in [2.05, 4.69) is 20.0 Å². The third-order valence-electron chi connectivity index (χ3n) is 4.79. The van der Waals surface area contributed by atoms with E-state index in [1.54, 1.807) is 6.07 Å². The SMILES string of the molecule is CON(C)C(=O)N=S(C)(=O)c1ccc(C(=O)Nc2ccc(Cl)cc2C(=O)Nc2ccc(Cl)cn2)cc1. The molecule has 1 aromatic heterocycles. The summed E-state index contributed by atoms with van der Waals surface area (Å²) < 4.78 is 16.6. The van der Waals surface area contributed by atoms with E-state index in [9.17, 15) is 18.6 Å². The first kappa shape index (κ1) is 27.1. The Morgan fingerprint density at radius 1 is 0.972 bits per heavy atom. The second-order valence-electron chi connectivity index (χ2n) is 7.34. The topological polar surface area (TPSA) is 130 Å². The fraction of sp³-hybridized carbons (Fsp3) is 0.130. The highest BCUT2D eigenvalue weighted by atomic mass is 35.5. The number of halogens is 2. The van der Waals surface area contributed by atoms with Crippen LogP contribution in [0, 0.1) is 0 Å². The van der Waals surface area contributed by atoms with E-state index in [4.69, 9.17) is 28.0 Å². The van der Waals surface area contributed by atoms with E-state index in [1.807, 2.05) is 0 Å². The second-order valence-corrected chi connectivity index (χ2v) is 10.5. The van der Waals surface area contributed by atoms with Gasteiger partial charge in [0.25, 0.3) is 11.8 Å². The molecule has 0 radical (unpaired) electrons. The van der Waals surface area contributed by atoms with E-state index in [0.717, 1.165) is 5.06 Å². The molecule has 0 aliphatic carbocycles. The van der Waals surface area contributed by atoms with Crippen LogP contribution < -0.4 is 10.6 Å². The van der Waals surface area contributed by atoms with Gasteiger partial charge in [-0.05, 0) is 54.6 Å². The Labute approximate surface area is 217 Å². The second kappa shape index (κ2) is 11.5. The predicted molar refractivity (Wildman–Crippen MR) is 138 cm³/mol. The zero-order valence-electron chi connectivity index (χ0n) is 19.3. The maximum atomic E-state index is 12.9. The standard InChI is InChI=1S/C23H21Cl2N5O5S/c1-30(35-2)23(33)29-36(3,34)17-8-4-14(5-9-17)21(31)27-19-10-6-15(24)12-18(19)22(32)28-20-11-7-16(25)13-26-20/h4-13H,1-3H3,(H,27,31)(H,26,28,32). The Balaban J connectivity index is 1.80. The summed E-state index contributed by atoms with van der Waals surface area (Å²) in [5.74, 6) is -0.811. The molecule has 4 amide bonds. The molecule has 13 heteroatoms. The van der Waals surface area contributed by atoms with Gasteiger partial charge in [0.1, 0.15) is 5.82 Å². The first-order valence-corrected chi connectivity index (χ1v) is 12.9. The Bertz CT molecular complexity index is 1420. The smallest absolute Gasteiger partial charge is 0.321 e. The maximum absolute atomic E-state index is 12.9. The van der Waals surface area contributed by atoms with E-state index in [1.165, 1.54) is 75.1 Å². The Morgan fingerprint density at radius 2 is 1.64 bits per heavy atom. The number of rotatable bonds is 6. The van der Waals surface area contributed by atoms with Crippen LogP contribution in [0.3, 0.4) is 0 Å². The van der Waals surface area contributed by atoms with Crippen molar-refractivity contribution in [3.63, 3.8) is 0 Å². The normalized spacial score (nSPS) is 12.2. The first-order chi connectivity index (χ1) is 17.0. The minimum atomic E-state index is -3.08. The summed E-state index contributed by atoms with van der Waals surface area (Å²) in [5.41, 5.74) is 0.540. The highest BCUT2D eigenvalue weighted by Crippen LogP contribution is 2.23. The summed E-state index contributed by atoms with van der Waals surface area (Å²) in [4.78, 5) is 46.6. The number of urea groups is 1. The Morgan fingerprint density at radius 3 is 2.25 bits per heavy atom. The number of carbonyl (C=O) groups is 3. The number of hydrogen-bond acceptors (Lipinski definition) is 6. The molecule has 3 aromatic rings. The van der Waals surface area contributed by atoms with Crippen molar-refractivity contribution >= 4 is 62.3 Å². The Hall–Kier alpha value is -3.51. The Kier molecular flexibility index (Phi) is 8.64. The lowest BCUT2D eigenvalue weighted by atomic mass is 10.1. The van der Waals surface area contributed by atoms with Crippen molar-refractivity contribution in [1.82, 2.24) is 10.0 Å². The van der Waals surface area contributed by atoms with Gasteiger partial charge in [-0.15, -0.1) is 4.36 Å². The molecule has 0 saturated heterocycles. The van der Waals surface area contributed by atoms with Crippen LogP contribution in [0.15, 0.2) is 70.1 Å². The van der Waals surface area contributed by atoms with Gasteiger partial charge in [0, 0.05) is 35.0 Å². The molecule has 0 spiro atoms. The summed E-state index contributed by atoms with van der Waals surface area (Å²) in [5, 5.41) is 6.84. The summed E-state index contributed by atoms with van der Waals surface area (Å²) in [6.07, 6.45) is 2.69. The maximum Gasteiger partial charge on any atom is 0.375 e. The lowest BCUT2D eigenvalue weighted by molar-refractivity contribution is -0.0612. The number of aromatic nitrogens is 1. The largest absolute Gasteiger partial charge is 0.375 e. The minimum absolute atomic E-state index is 0.111. The van der Waals surface area contributed by atoms with Gasteiger partial charge in [0.2, 0.25) is 0 Å². The van der Waals surface area contributed by atoms with E-state index >= 15 is 0 Å². The van der Waals surface area contributed by atoms with Crippen LogP contribution in [-0.2, 0) is 14.6 Å². The zero-order valence-corrected chi connectivity index (χ0v) is 21.6. The van der Waals surface area contributed by atoms with Crippen molar-refractivity contribution in [3.05, 3.63) is 82.0 Å². The van der Waals surface area contributed by atoms with E-state index < -0.39 is 27.6 Å². The van der Waals surface area contributed by atoms with Gasteiger partial charge in [-0.1, -0.05) is 23.2 Å². The van der Waals surface area contributed by atoms with Crippen molar-refractivity contribution in [2.24, 2.45) is 4.36 Å². The molecule has 36 heavy (non-hydrogen) atoms. The molecule has 1 atom stereocenters. The van der Waals surface area contributed by atoms with Crippen LogP contribution in [-0.4, -0.2) is 52.5 Å². The minimum Gasteiger partial charge on any atom is -0.321 e. The lowest BCUT2D eigenvalue weighted by Gasteiger charge is -2.13. The fourth-order valence-electron chi connectivity index (χ4n) is 2.84. The molecular weight excluding hydrogens is 529 g/mol. The molecular formula is C23H21Cl2N5O5S. The number of nitrogens with zero attached hydrogens (tertiary/aromatic N) is 3. The third-order valence-corrected chi connectivity index (χ3v) is 6.90. The van der Waals surface area contributed by atoms with Gasteiger partial charge in [-0.3, -0.25) is 14.4 Å². The molecule has 10 nitrogen and oxygen atoms in total. The fourth-order valence-corrected chi connectivity index (χ4v) is 4.28. The van der Waals surface area contributed by atoms with Crippen LogP contribution in [0.2, 0.25) is 10.0 Å². The van der Waals surface area contributed by atoms with Crippen molar-refractivity contribution in [1.29, 1.82) is 0 Å². The van der Waals surface area contributed by atoms with Gasteiger partial charge in [0.15, 0.2) is 0 Å². The summed E-state index contributed by atoms with van der Waals surface area (Å²) in [7, 11) is -0.461. The van der Waals surface area contributed by atoms with Gasteiger partial charge in [0.05, 0.1) is 33.1 Å². The molecule has 1 unspecified atom stereocenters. The molecule has 0 bridgehead atoms.